The second-order valence-corrected chi connectivity index (χ2v) is 7.40. The Balaban J connectivity index is 2.04. The second kappa shape index (κ2) is 6.11. The van der Waals surface area contributed by atoms with Crippen molar-refractivity contribution in [2.75, 3.05) is 7.11 Å². The van der Waals surface area contributed by atoms with E-state index in [0.717, 1.165) is 41.0 Å². The summed E-state index contributed by atoms with van der Waals surface area (Å²) >= 11 is 0. The van der Waals surface area contributed by atoms with Crippen molar-refractivity contribution in [3.8, 4) is 11.5 Å². The first-order chi connectivity index (χ1) is 11.3. The van der Waals surface area contributed by atoms with E-state index >= 15 is 0 Å². The minimum Gasteiger partial charge on any atom is -0.497 e. The third kappa shape index (κ3) is 2.99. The molecule has 3 rings (SSSR count). The van der Waals surface area contributed by atoms with Crippen molar-refractivity contribution < 1.29 is 22.4 Å². The van der Waals surface area contributed by atoms with E-state index in [4.69, 9.17) is 9.47 Å². The molecular formula is C18H20O5S. The van der Waals surface area contributed by atoms with E-state index in [1.165, 1.54) is 6.07 Å². The van der Waals surface area contributed by atoms with E-state index in [2.05, 4.69) is 0 Å². The van der Waals surface area contributed by atoms with Gasteiger partial charge in [-0.15, -0.1) is 0 Å². The quantitative estimate of drug-likeness (QED) is 0.858. The molecule has 2 aromatic rings. The molecule has 1 atom stereocenters. The summed E-state index contributed by atoms with van der Waals surface area (Å²) in [6.07, 6.45) is 1.32. The van der Waals surface area contributed by atoms with Gasteiger partial charge in [-0.25, -0.2) is 0 Å². The Kier molecular flexibility index (Phi) is 4.27. The summed E-state index contributed by atoms with van der Waals surface area (Å²) < 4.78 is 44.0. The van der Waals surface area contributed by atoms with Gasteiger partial charge < -0.3 is 9.47 Å². The van der Waals surface area contributed by atoms with Gasteiger partial charge in [0.1, 0.15) is 17.6 Å². The van der Waals surface area contributed by atoms with E-state index in [1.807, 2.05) is 25.1 Å². The molecule has 128 valence electrons. The Morgan fingerprint density at radius 3 is 2.62 bits per heavy atom. The summed E-state index contributed by atoms with van der Waals surface area (Å²) in [7, 11) is -2.66. The zero-order chi connectivity index (χ0) is 17.5. The van der Waals surface area contributed by atoms with Crippen molar-refractivity contribution >= 4 is 10.1 Å². The van der Waals surface area contributed by atoms with Gasteiger partial charge in [-0.2, -0.15) is 8.42 Å². The minimum absolute atomic E-state index is 0.0665. The van der Waals surface area contributed by atoms with Gasteiger partial charge in [0.15, 0.2) is 0 Å². The molecule has 1 aliphatic heterocycles. The van der Waals surface area contributed by atoms with Crippen LogP contribution >= 0.6 is 0 Å². The van der Waals surface area contributed by atoms with E-state index in [9.17, 15) is 13.0 Å². The molecule has 1 N–H and O–H groups in total. The number of hydrogen-bond acceptors (Lipinski definition) is 4. The Morgan fingerprint density at radius 2 is 1.96 bits per heavy atom. The highest BCUT2D eigenvalue weighted by molar-refractivity contribution is 7.85. The predicted octanol–water partition coefficient (Wildman–Crippen LogP) is 3.63. The van der Waals surface area contributed by atoms with Crippen LogP contribution in [0.1, 0.15) is 34.8 Å². The minimum atomic E-state index is -4.26. The third-order valence-electron chi connectivity index (χ3n) is 4.50. The van der Waals surface area contributed by atoms with Crippen molar-refractivity contribution in [2.45, 2.75) is 37.7 Å². The van der Waals surface area contributed by atoms with Gasteiger partial charge in [-0.05, 0) is 61.1 Å². The fourth-order valence-electron chi connectivity index (χ4n) is 3.30. The fourth-order valence-corrected chi connectivity index (χ4v) is 4.04. The van der Waals surface area contributed by atoms with Crippen LogP contribution in [0.3, 0.4) is 0 Å². The van der Waals surface area contributed by atoms with Gasteiger partial charge in [-0.3, -0.25) is 4.55 Å². The van der Waals surface area contributed by atoms with Crippen LogP contribution in [0.15, 0.2) is 35.2 Å². The van der Waals surface area contributed by atoms with E-state index in [0.29, 0.717) is 5.56 Å². The summed E-state index contributed by atoms with van der Waals surface area (Å²) in [4.78, 5) is -0.0665. The smallest absolute Gasteiger partial charge is 0.294 e. The molecule has 0 aliphatic carbocycles. The first-order valence-corrected chi connectivity index (χ1v) is 9.16. The van der Waals surface area contributed by atoms with Crippen LogP contribution in [0, 0.1) is 13.8 Å². The van der Waals surface area contributed by atoms with Crippen LogP contribution in [-0.4, -0.2) is 20.1 Å². The molecule has 5 nitrogen and oxygen atoms in total. The van der Waals surface area contributed by atoms with Gasteiger partial charge in [0.25, 0.3) is 10.1 Å². The number of ether oxygens (including phenoxy) is 2. The van der Waals surface area contributed by atoms with E-state index in [1.54, 1.807) is 20.1 Å². The molecule has 0 aromatic heterocycles. The first kappa shape index (κ1) is 16.8. The van der Waals surface area contributed by atoms with Gasteiger partial charge in [0.05, 0.1) is 12.0 Å². The molecule has 1 aliphatic rings. The van der Waals surface area contributed by atoms with Crippen LogP contribution in [0.5, 0.6) is 11.5 Å². The van der Waals surface area contributed by atoms with Crippen molar-refractivity contribution in [1.82, 2.24) is 0 Å². The standard InChI is InChI=1S/C18H20O5S/c1-11-4-9-17(24(19,20)21)12(2)18(11)15-8-6-13-5-7-14(22-3)10-16(13)23-15/h4-5,7,9-10,15H,6,8H2,1-3H3,(H,19,20,21). The number of methoxy groups -OCH3 is 1. The van der Waals surface area contributed by atoms with Crippen molar-refractivity contribution in [3.05, 3.63) is 52.6 Å². The van der Waals surface area contributed by atoms with Gasteiger partial charge in [-0.1, -0.05) is 12.1 Å². The van der Waals surface area contributed by atoms with Gasteiger partial charge in [0.2, 0.25) is 0 Å². The molecule has 1 unspecified atom stereocenters. The molecule has 0 saturated heterocycles. The number of benzene rings is 2. The maximum absolute atomic E-state index is 11.6. The lowest BCUT2D eigenvalue weighted by atomic mass is 9.91. The summed E-state index contributed by atoms with van der Waals surface area (Å²) in [5, 5.41) is 0. The molecule has 2 aromatic carbocycles. The molecule has 0 radical (unpaired) electrons. The van der Waals surface area contributed by atoms with Crippen LogP contribution in [0.2, 0.25) is 0 Å². The average molecular weight is 348 g/mol. The summed E-state index contributed by atoms with van der Waals surface area (Å²) in [6.45, 7) is 3.62. The zero-order valence-electron chi connectivity index (χ0n) is 13.9. The van der Waals surface area contributed by atoms with Crippen LogP contribution in [0.25, 0.3) is 0 Å². The molecule has 0 saturated carbocycles. The molecule has 0 fully saturated rings. The Labute approximate surface area is 142 Å². The monoisotopic (exact) mass is 348 g/mol. The highest BCUT2D eigenvalue weighted by Crippen LogP contribution is 2.39. The van der Waals surface area contributed by atoms with Crippen molar-refractivity contribution in [2.24, 2.45) is 0 Å². The normalized spacial score (nSPS) is 17.1. The summed E-state index contributed by atoms with van der Waals surface area (Å²) in [6, 6.07) is 8.87. The maximum atomic E-state index is 11.6. The molecule has 0 amide bonds. The number of hydrogen-bond donors (Lipinski definition) is 1. The number of aryl methyl sites for hydroxylation is 2. The summed E-state index contributed by atoms with van der Waals surface area (Å²) in [5.74, 6) is 1.47. The largest absolute Gasteiger partial charge is 0.497 e. The highest BCUT2D eigenvalue weighted by atomic mass is 32.2. The SMILES string of the molecule is COc1ccc2c(c1)OC(c1c(C)ccc(S(=O)(=O)O)c1C)CC2. The number of fused-ring (bicyclic) bond motifs is 1. The Bertz CT molecular complexity index is 887. The fraction of sp³-hybridized carbons (Fsp3) is 0.333. The molecule has 24 heavy (non-hydrogen) atoms. The summed E-state index contributed by atoms with van der Waals surface area (Å²) in [5.41, 5.74) is 3.40. The van der Waals surface area contributed by atoms with Crippen molar-refractivity contribution in [1.29, 1.82) is 0 Å². The third-order valence-corrected chi connectivity index (χ3v) is 5.50. The Hall–Kier alpha value is -2.05. The topological polar surface area (TPSA) is 72.8 Å². The molecule has 6 heteroatoms. The molecular weight excluding hydrogens is 328 g/mol. The zero-order valence-corrected chi connectivity index (χ0v) is 14.7. The van der Waals surface area contributed by atoms with E-state index < -0.39 is 10.1 Å². The van der Waals surface area contributed by atoms with Crippen molar-refractivity contribution in [3.63, 3.8) is 0 Å². The lowest BCUT2D eigenvalue weighted by Crippen LogP contribution is -2.18. The van der Waals surface area contributed by atoms with Gasteiger partial charge in [0, 0.05) is 6.07 Å². The maximum Gasteiger partial charge on any atom is 0.294 e. The first-order valence-electron chi connectivity index (χ1n) is 7.72. The van der Waals surface area contributed by atoms with Crippen LogP contribution in [-0.2, 0) is 16.5 Å². The average Bonchev–Trinajstić information content (AvgIpc) is 2.53. The second-order valence-electron chi connectivity index (χ2n) is 6.01. The lowest BCUT2D eigenvalue weighted by Gasteiger charge is -2.29. The lowest BCUT2D eigenvalue weighted by molar-refractivity contribution is 0.174. The predicted molar refractivity (Wildman–Crippen MR) is 90.4 cm³/mol. The van der Waals surface area contributed by atoms with Crippen LogP contribution in [0.4, 0.5) is 0 Å². The van der Waals surface area contributed by atoms with E-state index in [-0.39, 0.29) is 11.0 Å². The molecule has 0 spiro atoms. The molecule has 0 bridgehead atoms. The Morgan fingerprint density at radius 1 is 1.21 bits per heavy atom. The molecule has 1 heterocycles. The van der Waals surface area contributed by atoms with Gasteiger partial charge >= 0.3 is 0 Å². The van der Waals surface area contributed by atoms with Crippen LogP contribution < -0.4 is 9.47 Å². The number of rotatable bonds is 3. The highest BCUT2D eigenvalue weighted by Gasteiger charge is 2.27.